The van der Waals surface area contributed by atoms with Crippen molar-refractivity contribution in [3.63, 3.8) is 0 Å². The van der Waals surface area contributed by atoms with E-state index in [2.05, 4.69) is 77.2 Å². The third kappa shape index (κ3) is 15.1. The molecule has 5 aliphatic rings. The van der Waals surface area contributed by atoms with Gasteiger partial charge in [-0.3, -0.25) is 20.0 Å². The Morgan fingerprint density at radius 3 is 2.36 bits per heavy atom. The minimum Gasteiger partial charge on any atom is -0.540 e. The number of hydrogen-bond donors (Lipinski definition) is 3. The first kappa shape index (κ1) is 45.0. The number of hydrogen-bond acceptors (Lipinski definition) is 11. The van der Waals surface area contributed by atoms with Crippen molar-refractivity contribution < 1.29 is 75.6 Å². The van der Waals surface area contributed by atoms with Gasteiger partial charge in [0.1, 0.15) is 18.6 Å². The number of ether oxygens (including phenoxy) is 2. The van der Waals surface area contributed by atoms with Crippen molar-refractivity contribution in [3.05, 3.63) is 42.5 Å². The quantitative estimate of drug-likeness (QED) is 0.130. The predicted octanol–water partition coefficient (Wildman–Crippen LogP) is 6.59. The second-order valence-corrected chi connectivity index (χ2v) is 14.4. The number of aromatic nitrogens is 2. The summed E-state index contributed by atoms with van der Waals surface area (Å²) >= 11 is 0. The standard InChI is InChI=1S/C26H36N4O2.C6H10NO.C4H10.CH3NO2.V.Y/c1-30-24-11-10-21(32-17-20-16-27-12-13-28-20)15-23(24)29-26(31-2)25(30)7-5-3-4-6-18-8-9-19-14-22(18)19;1-5-2-3-7-6(5)4-8;1-4(2)3;3-2-1-4-2;;/h10-13,15-16,18-19,22,25-26,29H,3-9,14,17H2,1-2H3;5-7H,2-3H2,1H3;4H,1-3H3;3H,1H2;;/q;-1;;;;/t18-,19?,22?,25?,26?;5-,6-;;;;/m01..../s1. The summed E-state index contributed by atoms with van der Waals surface area (Å²) in [5, 5.41) is 15.2. The van der Waals surface area contributed by atoms with Gasteiger partial charge < -0.3 is 29.8 Å². The summed E-state index contributed by atoms with van der Waals surface area (Å²) in [5.74, 6) is 5.40. The number of likely N-dealkylation sites (N-methyl/N-ethyl adjacent to an activating group) is 1. The Labute approximate surface area is 337 Å². The summed E-state index contributed by atoms with van der Waals surface area (Å²) in [5.41, 5.74) is 3.06. The van der Waals surface area contributed by atoms with E-state index < -0.39 is 0 Å². The number of carbonyl (C=O) groups excluding carboxylic acids is 1. The molecule has 11 nitrogen and oxygen atoms in total. The summed E-state index contributed by atoms with van der Waals surface area (Å²) in [6, 6.07) is 6.56. The summed E-state index contributed by atoms with van der Waals surface area (Å²) in [4.78, 5) is 24.9. The van der Waals surface area contributed by atoms with Crippen molar-refractivity contribution in [3.8, 4) is 5.75 Å². The molecule has 1 aromatic carbocycles. The maximum atomic E-state index is 10.0. The molecule has 2 radical (unpaired) electrons. The van der Waals surface area contributed by atoms with Gasteiger partial charge in [0.05, 0.1) is 29.3 Å². The van der Waals surface area contributed by atoms with Gasteiger partial charge in [0.2, 0.25) is 0 Å². The van der Waals surface area contributed by atoms with Gasteiger partial charge in [0.15, 0.2) is 6.73 Å². The SMILES string of the molecule is CC(C)C.COC1Nc2cc(OCc3cnccn3)ccc2N(C)C1CCCCC[C@H]1CCC2CC21.C[C@@H]1CCN[C@@H]1[C-]=O.ON1CO1.[V].[Y]. The van der Waals surface area contributed by atoms with Crippen LogP contribution in [0.5, 0.6) is 5.75 Å². The fourth-order valence-electron chi connectivity index (χ4n) is 6.92. The summed E-state index contributed by atoms with van der Waals surface area (Å²) < 4.78 is 11.8. The van der Waals surface area contributed by atoms with E-state index in [4.69, 9.17) is 14.7 Å². The third-order valence-corrected chi connectivity index (χ3v) is 9.72. The van der Waals surface area contributed by atoms with Crippen LogP contribution in [0, 0.1) is 29.6 Å². The molecule has 7 rings (SSSR count). The molecule has 276 valence electrons. The van der Waals surface area contributed by atoms with Gasteiger partial charge in [-0.1, -0.05) is 65.3 Å². The second kappa shape index (κ2) is 23.5. The third-order valence-electron chi connectivity index (χ3n) is 9.72. The molecule has 50 heavy (non-hydrogen) atoms. The first-order valence-electron chi connectivity index (χ1n) is 17.9. The molecule has 2 aliphatic carbocycles. The Morgan fingerprint density at radius 1 is 1.12 bits per heavy atom. The maximum Gasteiger partial charge on any atom is 0.174 e. The number of nitrogens with zero attached hydrogens (tertiary/aromatic N) is 4. The smallest absolute Gasteiger partial charge is 0.174 e. The van der Waals surface area contributed by atoms with Crippen LogP contribution in [0.2, 0.25) is 0 Å². The number of unbranched alkanes of at least 4 members (excludes halogenated alkanes) is 2. The molecule has 2 saturated heterocycles. The minimum atomic E-state index is -0.0233. The monoisotopic (exact) mass is 807 g/mol. The fourth-order valence-corrected chi connectivity index (χ4v) is 6.92. The Morgan fingerprint density at radius 2 is 1.84 bits per heavy atom. The van der Waals surface area contributed by atoms with Crippen LogP contribution in [0.4, 0.5) is 11.4 Å². The zero-order valence-electron chi connectivity index (χ0n) is 31.0. The van der Waals surface area contributed by atoms with Crippen molar-refractivity contribution >= 4 is 17.7 Å². The van der Waals surface area contributed by atoms with E-state index in [9.17, 15) is 4.79 Å². The molecule has 0 bridgehead atoms. The van der Waals surface area contributed by atoms with E-state index in [1.165, 1.54) is 50.6 Å². The predicted molar refractivity (Wildman–Crippen MR) is 188 cm³/mol. The van der Waals surface area contributed by atoms with Gasteiger partial charge >= 0.3 is 0 Å². The number of rotatable bonds is 11. The van der Waals surface area contributed by atoms with Crippen molar-refractivity contribution in [1.82, 2.24) is 20.5 Å². The van der Waals surface area contributed by atoms with E-state index in [0.29, 0.717) is 25.3 Å². The van der Waals surface area contributed by atoms with E-state index in [1.54, 1.807) is 25.7 Å². The molecule has 2 aromatic rings. The summed E-state index contributed by atoms with van der Waals surface area (Å²) in [6.45, 7) is 10.3. The maximum absolute atomic E-state index is 10.0. The molecular weight excluding hydrogens is 748 g/mol. The van der Waals surface area contributed by atoms with Gasteiger partial charge in [-0.05, 0) is 79.7 Å². The van der Waals surface area contributed by atoms with Gasteiger partial charge in [-0.2, -0.15) is 0 Å². The Bertz CT molecular complexity index is 1230. The number of benzene rings is 1. The molecule has 4 fully saturated rings. The van der Waals surface area contributed by atoms with Crippen LogP contribution in [0.15, 0.2) is 36.8 Å². The van der Waals surface area contributed by atoms with E-state index in [0.717, 1.165) is 65.4 Å². The first-order chi connectivity index (χ1) is 23.2. The molecule has 0 spiro atoms. The molecule has 3 aliphatic heterocycles. The fraction of sp³-hybridized carbons (Fsp3) is 0.703. The Kier molecular flexibility index (Phi) is 21.2. The molecule has 1 aromatic heterocycles. The number of anilines is 2. The van der Waals surface area contributed by atoms with E-state index in [-0.39, 0.29) is 63.5 Å². The average molecular weight is 808 g/mol. The number of methoxy groups -OCH3 is 1. The van der Waals surface area contributed by atoms with Gasteiger partial charge in [-0.25, -0.2) is 6.29 Å². The summed E-state index contributed by atoms with van der Waals surface area (Å²) in [7, 11) is 3.98. The van der Waals surface area contributed by atoms with Crippen LogP contribution in [0.3, 0.4) is 0 Å². The van der Waals surface area contributed by atoms with Crippen molar-refractivity contribution in [2.75, 3.05) is 37.6 Å². The molecule has 5 unspecified atom stereocenters. The molecule has 3 N–H and O–H groups in total. The van der Waals surface area contributed by atoms with Crippen LogP contribution < -0.4 is 20.3 Å². The Balaban J connectivity index is 0.000000398. The Hall–Kier alpha value is -1.14. The topological polar surface area (TPSA) is 124 Å². The van der Waals surface area contributed by atoms with E-state index in [1.807, 2.05) is 12.4 Å². The van der Waals surface area contributed by atoms with Crippen LogP contribution in [0.25, 0.3) is 0 Å². The van der Waals surface area contributed by atoms with Crippen LogP contribution in [-0.4, -0.2) is 72.4 Å². The first-order valence-corrected chi connectivity index (χ1v) is 17.9. The molecule has 8 atom stereocenters. The van der Waals surface area contributed by atoms with Crippen molar-refractivity contribution in [2.45, 2.75) is 110 Å². The molecule has 4 heterocycles. The number of hydroxylamine groups is 2. The molecule has 0 amide bonds. The zero-order valence-corrected chi connectivity index (χ0v) is 35.2. The zero-order chi connectivity index (χ0) is 34.5. The van der Waals surface area contributed by atoms with Gasteiger partial charge in [0.25, 0.3) is 0 Å². The van der Waals surface area contributed by atoms with E-state index >= 15 is 0 Å². The van der Waals surface area contributed by atoms with Crippen molar-refractivity contribution in [1.29, 1.82) is 0 Å². The normalized spacial score (nSPS) is 27.9. The summed E-state index contributed by atoms with van der Waals surface area (Å²) in [6.07, 6.45) is 19.2. The largest absolute Gasteiger partial charge is 0.540 e. The molecular formula is C37H59N6O5VY-. The molecule has 13 heteroatoms. The number of nitrogens with one attached hydrogen (secondary N) is 2. The number of fused-ring (bicyclic) bond motifs is 2. The van der Waals surface area contributed by atoms with Gasteiger partial charge in [-0.15, -0.1) is 0 Å². The van der Waals surface area contributed by atoms with Crippen LogP contribution >= 0.6 is 0 Å². The van der Waals surface area contributed by atoms with Crippen LogP contribution in [0.1, 0.15) is 91.2 Å². The van der Waals surface area contributed by atoms with Crippen LogP contribution in [-0.2, 0) is 72.2 Å². The second-order valence-electron chi connectivity index (χ2n) is 14.4. The molecule has 2 saturated carbocycles. The average Bonchev–Trinajstić information content (AvgIpc) is 3.97. The van der Waals surface area contributed by atoms with Crippen molar-refractivity contribution in [2.24, 2.45) is 29.6 Å². The van der Waals surface area contributed by atoms with Gasteiger partial charge in [0, 0.05) is 83.9 Å². The minimum absolute atomic E-state index is 0.